The van der Waals surface area contributed by atoms with E-state index in [1.807, 2.05) is 32.0 Å². The number of ether oxygens (including phenoxy) is 1. The van der Waals surface area contributed by atoms with Crippen molar-refractivity contribution in [3.63, 3.8) is 0 Å². The molecule has 0 spiro atoms. The molecule has 1 aromatic carbocycles. The molecule has 1 aromatic rings. The highest BCUT2D eigenvalue weighted by Crippen LogP contribution is 2.30. The fraction of sp³-hybridized carbons (Fsp3) is 0.625. The Balaban J connectivity index is 2.37. The maximum absolute atomic E-state index is 11.3. The molecule has 0 unspecified atom stereocenters. The number of hydrogen-bond donors (Lipinski definition) is 0. The second-order valence-corrected chi connectivity index (χ2v) is 8.31. The molecule has 0 aliphatic rings. The quantitative estimate of drug-likeness (QED) is 0.480. The van der Waals surface area contributed by atoms with Gasteiger partial charge in [-0.25, -0.2) is 8.42 Å². The molecule has 0 amide bonds. The molecule has 0 N–H and O–H groups in total. The van der Waals surface area contributed by atoms with Gasteiger partial charge in [0.15, 0.2) is 0 Å². The van der Waals surface area contributed by atoms with E-state index in [1.165, 1.54) is 5.56 Å². The van der Waals surface area contributed by atoms with Crippen molar-refractivity contribution in [2.75, 3.05) is 19.0 Å². The molecular formula is C16H25ClO3S. The second kappa shape index (κ2) is 8.76. The largest absolute Gasteiger partial charge is 0.381 e. The molecule has 0 aliphatic heterocycles. The van der Waals surface area contributed by atoms with Gasteiger partial charge in [0.05, 0.1) is 12.4 Å². The van der Waals surface area contributed by atoms with Gasteiger partial charge < -0.3 is 4.74 Å². The van der Waals surface area contributed by atoms with Crippen LogP contribution in [0.25, 0.3) is 0 Å². The number of hydrogen-bond acceptors (Lipinski definition) is 3. The number of aryl methyl sites for hydroxylation is 1. The molecule has 0 aliphatic carbocycles. The van der Waals surface area contributed by atoms with Crippen LogP contribution in [0.15, 0.2) is 30.3 Å². The van der Waals surface area contributed by atoms with Gasteiger partial charge in [-0.2, -0.15) is 0 Å². The van der Waals surface area contributed by atoms with E-state index < -0.39 is 9.05 Å². The third-order valence-corrected chi connectivity index (χ3v) is 5.27. The monoisotopic (exact) mass is 332 g/mol. The molecule has 0 saturated heterocycles. The zero-order chi connectivity index (χ0) is 15.8. The van der Waals surface area contributed by atoms with Crippen molar-refractivity contribution in [3.8, 4) is 0 Å². The van der Waals surface area contributed by atoms with Crippen LogP contribution in [0.4, 0.5) is 0 Å². The molecule has 0 fully saturated rings. The van der Waals surface area contributed by atoms with Gasteiger partial charge >= 0.3 is 0 Å². The lowest BCUT2D eigenvalue weighted by Gasteiger charge is -2.30. The summed E-state index contributed by atoms with van der Waals surface area (Å²) in [6.45, 7) is 5.05. The summed E-state index contributed by atoms with van der Waals surface area (Å²) in [4.78, 5) is 0. The van der Waals surface area contributed by atoms with E-state index in [1.54, 1.807) is 0 Å². The maximum atomic E-state index is 11.3. The average Bonchev–Trinajstić information content (AvgIpc) is 2.45. The van der Waals surface area contributed by atoms with Gasteiger partial charge in [-0.1, -0.05) is 44.2 Å². The normalized spacial score (nSPS) is 12.5. The van der Waals surface area contributed by atoms with Crippen molar-refractivity contribution in [1.29, 1.82) is 0 Å². The first-order chi connectivity index (χ1) is 9.91. The third kappa shape index (κ3) is 7.30. The Labute approximate surface area is 133 Å². The Hall–Kier alpha value is -0.580. The first-order valence-corrected chi connectivity index (χ1v) is 9.92. The first kappa shape index (κ1) is 18.5. The molecule has 0 bridgehead atoms. The zero-order valence-corrected chi connectivity index (χ0v) is 14.4. The summed E-state index contributed by atoms with van der Waals surface area (Å²) < 4.78 is 28.4. The lowest BCUT2D eigenvalue weighted by atomic mass is 9.85. The Morgan fingerprint density at radius 3 is 2.29 bits per heavy atom. The van der Waals surface area contributed by atoms with Gasteiger partial charge in [0.2, 0.25) is 9.05 Å². The summed E-state index contributed by atoms with van der Waals surface area (Å²) in [5, 5.41) is 0. The van der Waals surface area contributed by atoms with Crippen molar-refractivity contribution < 1.29 is 13.2 Å². The van der Waals surface area contributed by atoms with Crippen LogP contribution >= 0.6 is 10.7 Å². The molecule has 0 aromatic heterocycles. The fourth-order valence-corrected chi connectivity index (χ4v) is 4.29. The van der Waals surface area contributed by atoms with E-state index in [9.17, 15) is 8.42 Å². The molecule has 0 radical (unpaired) electrons. The summed E-state index contributed by atoms with van der Waals surface area (Å²) in [6.07, 6.45) is 3.39. The fourth-order valence-electron chi connectivity index (χ4n) is 2.38. The van der Waals surface area contributed by atoms with Crippen LogP contribution in [0, 0.1) is 5.41 Å². The zero-order valence-electron chi connectivity index (χ0n) is 12.8. The molecular weight excluding hydrogens is 308 g/mol. The van der Waals surface area contributed by atoms with Crippen LogP contribution in [-0.4, -0.2) is 27.4 Å². The van der Waals surface area contributed by atoms with Crippen molar-refractivity contribution in [3.05, 3.63) is 35.9 Å². The van der Waals surface area contributed by atoms with E-state index in [-0.39, 0.29) is 11.2 Å². The SMILES string of the molecule is CCC(CC)(COCCCc1ccccc1)CS(=O)(=O)Cl. The number of halogens is 1. The summed E-state index contributed by atoms with van der Waals surface area (Å²) in [6, 6.07) is 10.3. The summed E-state index contributed by atoms with van der Waals surface area (Å²) in [7, 11) is 1.91. The number of rotatable bonds is 10. The highest BCUT2D eigenvalue weighted by Gasteiger charge is 2.31. The van der Waals surface area contributed by atoms with E-state index in [0.29, 0.717) is 13.2 Å². The van der Waals surface area contributed by atoms with Crippen LogP contribution in [0.1, 0.15) is 38.7 Å². The lowest BCUT2D eigenvalue weighted by molar-refractivity contribution is 0.0491. The van der Waals surface area contributed by atoms with Crippen molar-refractivity contribution in [2.24, 2.45) is 5.41 Å². The van der Waals surface area contributed by atoms with Crippen molar-refractivity contribution in [1.82, 2.24) is 0 Å². The smallest absolute Gasteiger partial charge is 0.233 e. The van der Waals surface area contributed by atoms with Crippen molar-refractivity contribution in [2.45, 2.75) is 39.5 Å². The van der Waals surface area contributed by atoms with Crippen LogP contribution in [-0.2, 0) is 20.2 Å². The molecule has 120 valence electrons. The van der Waals surface area contributed by atoms with Crippen LogP contribution in [0.5, 0.6) is 0 Å². The van der Waals surface area contributed by atoms with Gasteiger partial charge in [0, 0.05) is 22.7 Å². The van der Waals surface area contributed by atoms with E-state index in [2.05, 4.69) is 12.1 Å². The first-order valence-electron chi connectivity index (χ1n) is 7.45. The van der Waals surface area contributed by atoms with Crippen LogP contribution in [0.3, 0.4) is 0 Å². The van der Waals surface area contributed by atoms with Gasteiger partial charge in [0.1, 0.15) is 0 Å². The molecule has 21 heavy (non-hydrogen) atoms. The highest BCUT2D eigenvalue weighted by molar-refractivity contribution is 8.13. The molecule has 1 rings (SSSR count). The van der Waals surface area contributed by atoms with Crippen LogP contribution < -0.4 is 0 Å². The second-order valence-electron chi connectivity index (χ2n) is 5.53. The minimum atomic E-state index is -3.50. The van der Waals surface area contributed by atoms with Crippen molar-refractivity contribution >= 4 is 19.7 Å². The van der Waals surface area contributed by atoms with Gasteiger partial charge in [-0.05, 0) is 31.2 Å². The molecule has 0 heterocycles. The molecule has 5 heteroatoms. The average molecular weight is 333 g/mol. The molecule has 3 nitrogen and oxygen atoms in total. The Bertz CT molecular complexity index is 496. The lowest BCUT2D eigenvalue weighted by Crippen LogP contribution is -2.32. The Morgan fingerprint density at radius 1 is 1.14 bits per heavy atom. The minimum absolute atomic E-state index is 0.0206. The van der Waals surface area contributed by atoms with Gasteiger partial charge in [-0.15, -0.1) is 0 Å². The predicted octanol–water partition coefficient (Wildman–Crippen LogP) is 4.01. The summed E-state index contributed by atoms with van der Waals surface area (Å²) in [5.41, 5.74) is 0.925. The van der Waals surface area contributed by atoms with Gasteiger partial charge in [-0.3, -0.25) is 0 Å². The third-order valence-electron chi connectivity index (χ3n) is 3.98. The van der Waals surface area contributed by atoms with E-state index in [0.717, 1.165) is 25.7 Å². The Kier molecular flexibility index (Phi) is 7.71. The molecule has 0 saturated carbocycles. The standard InChI is InChI=1S/C16H25ClO3S/c1-3-16(4-2,14-21(17,18)19)13-20-12-8-11-15-9-6-5-7-10-15/h5-7,9-10H,3-4,8,11-14H2,1-2H3. The van der Waals surface area contributed by atoms with Gasteiger partial charge in [0.25, 0.3) is 0 Å². The summed E-state index contributed by atoms with van der Waals surface area (Å²) in [5.74, 6) is -0.0206. The molecule has 0 atom stereocenters. The van der Waals surface area contributed by atoms with E-state index in [4.69, 9.17) is 15.4 Å². The predicted molar refractivity (Wildman–Crippen MR) is 88.2 cm³/mol. The highest BCUT2D eigenvalue weighted by atomic mass is 35.7. The minimum Gasteiger partial charge on any atom is -0.381 e. The Morgan fingerprint density at radius 2 is 1.76 bits per heavy atom. The maximum Gasteiger partial charge on any atom is 0.233 e. The summed E-state index contributed by atoms with van der Waals surface area (Å²) >= 11 is 0. The van der Waals surface area contributed by atoms with Crippen LogP contribution in [0.2, 0.25) is 0 Å². The van der Waals surface area contributed by atoms with E-state index >= 15 is 0 Å². The number of benzene rings is 1. The topological polar surface area (TPSA) is 43.4 Å².